The number of fused-ring (bicyclic) bond motifs is 2. The normalized spacial score (nSPS) is 15.6. The smallest absolute Gasteiger partial charge is 0.255 e. The van der Waals surface area contributed by atoms with Gasteiger partial charge >= 0.3 is 0 Å². The van der Waals surface area contributed by atoms with Gasteiger partial charge in [-0.1, -0.05) is 36.4 Å². The van der Waals surface area contributed by atoms with Crippen molar-refractivity contribution in [3.05, 3.63) is 70.9 Å². The van der Waals surface area contributed by atoms with Crippen molar-refractivity contribution < 1.29 is 14.4 Å². The average molecular weight is 390 g/mol. The summed E-state index contributed by atoms with van der Waals surface area (Å²) in [5.74, 6) is -1.02. The molecule has 29 heavy (non-hydrogen) atoms. The molecule has 0 saturated carbocycles. The average Bonchev–Trinajstić information content (AvgIpc) is 3.18. The van der Waals surface area contributed by atoms with Crippen LogP contribution in [0.15, 0.2) is 48.5 Å². The van der Waals surface area contributed by atoms with Crippen molar-refractivity contribution in [3.63, 3.8) is 0 Å². The second-order valence-electron chi connectivity index (χ2n) is 7.19. The number of carbonyl (C=O) groups is 3. The lowest BCUT2D eigenvalue weighted by Gasteiger charge is -2.26. The Morgan fingerprint density at radius 1 is 1.14 bits per heavy atom. The number of aryl methyl sites for hydroxylation is 1. The van der Waals surface area contributed by atoms with Gasteiger partial charge in [-0.3, -0.25) is 14.4 Å². The topological polar surface area (TPSA) is 108 Å². The summed E-state index contributed by atoms with van der Waals surface area (Å²) in [5.41, 5.74) is 9.70. The molecule has 4 N–H and O–H groups in total. The predicted octanol–water partition coefficient (Wildman–Crippen LogP) is 2.01. The number of hydrogen-bond donors (Lipinski definition) is 3. The van der Waals surface area contributed by atoms with Crippen molar-refractivity contribution in [2.24, 2.45) is 5.73 Å². The van der Waals surface area contributed by atoms with Crippen LogP contribution in [0, 0.1) is 6.92 Å². The summed E-state index contributed by atoms with van der Waals surface area (Å²) in [5, 5.41) is 3.53. The Morgan fingerprint density at radius 2 is 1.86 bits per heavy atom. The van der Waals surface area contributed by atoms with Gasteiger partial charge in [-0.25, -0.2) is 0 Å². The molecule has 0 spiro atoms. The number of benzene rings is 2. The fourth-order valence-corrected chi connectivity index (χ4v) is 4.06. The Bertz CT molecular complexity index is 1120. The van der Waals surface area contributed by atoms with E-state index in [-0.39, 0.29) is 37.4 Å². The van der Waals surface area contributed by atoms with Crippen LogP contribution in [0.2, 0.25) is 0 Å². The maximum Gasteiger partial charge on any atom is 0.255 e. The number of para-hydroxylation sites is 1. The summed E-state index contributed by atoms with van der Waals surface area (Å²) < 4.78 is 0. The minimum atomic E-state index is -0.602. The summed E-state index contributed by atoms with van der Waals surface area (Å²) in [4.78, 5) is 41.2. The molecule has 2 aromatic carbocycles. The van der Waals surface area contributed by atoms with Crippen molar-refractivity contribution in [2.45, 2.75) is 19.4 Å². The maximum atomic E-state index is 13.1. The lowest BCUT2D eigenvalue weighted by atomic mass is 9.95. The molecule has 4 rings (SSSR count). The number of hydrogen-bond acceptors (Lipinski definition) is 3. The lowest BCUT2D eigenvalue weighted by Crippen LogP contribution is -2.37. The highest BCUT2D eigenvalue weighted by atomic mass is 16.2. The van der Waals surface area contributed by atoms with E-state index in [1.54, 1.807) is 4.90 Å². The first kappa shape index (κ1) is 18.7. The van der Waals surface area contributed by atoms with Gasteiger partial charge in [-0.15, -0.1) is 0 Å². The first-order valence-corrected chi connectivity index (χ1v) is 9.49. The van der Waals surface area contributed by atoms with Gasteiger partial charge < -0.3 is 20.9 Å². The molecule has 7 nitrogen and oxygen atoms in total. The van der Waals surface area contributed by atoms with E-state index >= 15 is 0 Å². The molecule has 0 aliphatic carbocycles. The number of aromatic nitrogens is 1. The molecule has 1 aromatic heterocycles. The molecule has 7 heteroatoms. The number of nitrogens with zero attached hydrogens (tertiary/aromatic N) is 1. The van der Waals surface area contributed by atoms with Crippen molar-refractivity contribution in [2.75, 3.05) is 13.1 Å². The summed E-state index contributed by atoms with van der Waals surface area (Å²) in [6, 6.07) is 15.3. The first-order valence-electron chi connectivity index (χ1n) is 9.49. The molecule has 1 unspecified atom stereocenters. The molecule has 1 aliphatic heterocycles. The number of H-pyrrole nitrogens is 1. The maximum absolute atomic E-state index is 13.1. The molecule has 1 atom stereocenters. The van der Waals surface area contributed by atoms with Crippen LogP contribution in [0.25, 0.3) is 10.9 Å². The van der Waals surface area contributed by atoms with Crippen LogP contribution in [-0.4, -0.2) is 40.7 Å². The van der Waals surface area contributed by atoms with E-state index in [0.29, 0.717) is 5.56 Å². The zero-order chi connectivity index (χ0) is 20.5. The molecule has 148 valence electrons. The van der Waals surface area contributed by atoms with Crippen LogP contribution in [0.5, 0.6) is 0 Å². The Labute approximate surface area is 167 Å². The summed E-state index contributed by atoms with van der Waals surface area (Å²) in [6.45, 7) is 2.03. The highest BCUT2D eigenvalue weighted by Gasteiger charge is 2.39. The van der Waals surface area contributed by atoms with Crippen molar-refractivity contribution in [1.29, 1.82) is 0 Å². The Morgan fingerprint density at radius 3 is 2.66 bits per heavy atom. The number of amides is 3. The van der Waals surface area contributed by atoms with Crippen LogP contribution < -0.4 is 11.1 Å². The summed E-state index contributed by atoms with van der Waals surface area (Å²) in [7, 11) is 0. The molecule has 0 saturated heterocycles. The third kappa shape index (κ3) is 3.35. The third-order valence-corrected chi connectivity index (χ3v) is 5.31. The molecule has 3 amide bonds. The van der Waals surface area contributed by atoms with Gasteiger partial charge in [0.05, 0.1) is 12.6 Å². The second kappa shape index (κ2) is 7.43. The van der Waals surface area contributed by atoms with E-state index in [1.165, 1.54) is 0 Å². The largest absolute Gasteiger partial charge is 0.368 e. The van der Waals surface area contributed by atoms with Gasteiger partial charge in [0, 0.05) is 40.7 Å². The number of primary amides is 1. The van der Waals surface area contributed by atoms with Crippen LogP contribution in [0.1, 0.15) is 39.6 Å². The highest BCUT2D eigenvalue weighted by Crippen LogP contribution is 2.42. The number of nitrogens with one attached hydrogen (secondary N) is 2. The number of nitrogens with two attached hydrogens (primary N) is 1. The van der Waals surface area contributed by atoms with Crippen molar-refractivity contribution >= 4 is 28.6 Å². The van der Waals surface area contributed by atoms with Gasteiger partial charge in [0.25, 0.3) is 5.91 Å². The zero-order valence-electron chi connectivity index (χ0n) is 16.1. The van der Waals surface area contributed by atoms with E-state index in [1.807, 2.05) is 55.5 Å². The molecule has 3 aromatic rings. The van der Waals surface area contributed by atoms with Gasteiger partial charge in [-0.05, 0) is 24.6 Å². The molecular weight excluding hydrogens is 368 g/mol. The Kier molecular flexibility index (Phi) is 4.80. The lowest BCUT2D eigenvalue weighted by molar-refractivity contribution is -0.125. The molecule has 2 heterocycles. The molecule has 0 fully saturated rings. The van der Waals surface area contributed by atoms with E-state index in [9.17, 15) is 14.4 Å². The van der Waals surface area contributed by atoms with Crippen LogP contribution in [0.3, 0.4) is 0 Å². The fourth-order valence-electron chi connectivity index (χ4n) is 4.06. The first-order chi connectivity index (χ1) is 14.0. The van der Waals surface area contributed by atoms with E-state index < -0.39 is 5.91 Å². The summed E-state index contributed by atoms with van der Waals surface area (Å²) in [6.07, 6.45) is 0.0882. The molecular formula is C22H22N4O3. The van der Waals surface area contributed by atoms with Gasteiger partial charge in [-0.2, -0.15) is 0 Å². The third-order valence-electron chi connectivity index (χ3n) is 5.31. The highest BCUT2D eigenvalue weighted by molar-refractivity contribution is 6.01. The Balaban J connectivity index is 1.70. The standard InChI is InChI=1S/C22H22N4O3/c1-13-20(16-8-4-5-9-17(16)25-13)21-14-6-2-3-7-15(14)22(29)26(21)11-10-19(28)24-12-18(23)27/h2-9,21,25H,10-12H2,1H3,(H2,23,27)(H,24,28). The SMILES string of the molecule is Cc1[nH]c2ccccc2c1C1c2ccccc2C(=O)N1CCC(=O)NCC(N)=O. The molecule has 1 aliphatic rings. The summed E-state index contributed by atoms with van der Waals surface area (Å²) >= 11 is 0. The fraction of sp³-hybridized carbons (Fsp3) is 0.227. The predicted molar refractivity (Wildman–Crippen MR) is 109 cm³/mol. The second-order valence-corrected chi connectivity index (χ2v) is 7.19. The van der Waals surface area contributed by atoms with Gasteiger partial charge in [0.2, 0.25) is 11.8 Å². The molecule has 0 radical (unpaired) electrons. The number of rotatable bonds is 6. The minimum absolute atomic E-state index is 0.0882. The van der Waals surface area contributed by atoms with Crippen LogP contribution >= 0.6 is 0 Å². The quantitative estimate of drug-likeness (QED) is 0.599. The minimum Gasteiger partial charge on any atom is -0.368 e. The van der Waals surface area contributed by atoms with E-state index in [0.717, 1.165) is 27.7 Å². The van der Waals surface area contributed by atoms with Crippen molar-refractivity contribution in [1.82, 2.24) is 15.2 Å². The van der Waals surface area contributed by atoms with E-state index in [2.05, 4.69) is 10.3 Å². The number of aromatic amines is 1. The monoisotopic (exact) mass is 390 g/mol. The van der Waals surface area contributed by atoms with Crippen molar-refractivity contribution in [3.8, 4) is 0 Å². The Hall–Kier alpha value is -3.61. The van der Waals surface area contributed by atoms with Crippen LogP contribution in [-0.2, 0) is 9.59 Å². The van der Waals surface area contributed by atoms with Gasteiger partial charge in [0.1, 0.15) is 0 Å². The molecule has 0 bridgehead atoms. The zero-order valence-corrected chi connectivity index (χ0v) is 16.1. The van der Waals surface area contributed by atoms with E-state index in [4.69, 9.17) is 5.73 Å². The van der Waals surface area contributed by atoms with Gasteiger partial charge in [0.15, 0.2) is 0 Å². The number of carbonyl (C=O) groups excluding carboxylic acids is 3. The van der Waals surface area contributed by atoms with Crippen LogP contribution in [0.4, 0.5) is 0 Å².